The zero-order valence-electron chi connectivity index (χ0n) is 7.61. The van der Waals surface area contributed by atoms with Gasteiger partial charge >= 0.3 is 110 Å². The maximum atomic E-state index is 6.39. The number of fused-ring (bicyclic) bond motifs is 1. The van der Waals surface area contributed by atoms with E-state index in [-0.39, 0.29) is 13.6 Å². The van der Waals surface area contributed by atoms with E-state index < -0.39 is 0 Å². The number of aromatic nitrogens is 3. The number of nitrogens with zero attached hydrogens (tertiary/aromatic N) is 2. The Kier molecular flexibility index (Phi) is 2.90. The third-order valence-electron chi connectivity index (χ3n) is 2.17. The summed E-state index contributed by atoms with van der Waals surface area (Å²) in [6, 6.07) is 0. The Morgan fingerprint density at radius 3 is 3.20 bits per heavy atom. The summed E-state index contributed by atoms with van der Waals surface area (Å²) in [6.45, 7) is 3.10. The second-order valence-corrected chi connectivity index (χ2v) is 9.65. The van der Waals surface area contributed by atoms with Crippen LogP contribution in [0.4, 0.5) is 0 Å². The van der Waals surface area contributed by atoms with Gasteiger partial charge in [0.1, 0.15) is 0 Å². The Morgan fingerprint density at radius 2 is 2.40 bits per heavy atom. The SMILES string of the molecule is CCn1c2n[se]sc-2c(Cl)c2s[se][nH]c1=2. The van der Waals surface area contributed by atoms with Crippen molar-refractivity contribution in [2.24, 2.45) is 0 Å². The van der Waals surface area contributed by atoms with Gasteiger partial charge in [-0.3, -0.25) is 0 Å². The summed E-state index contributed by atoms with van der Waals surface area (Å²) >= 11 is 7.05. The summed E-state index contributed by atoms with van der Waals surface area (Å²) < 4.78 is 11.5. The maximum absolute atomic E-state index is 6.39. The number of nitrogens with one attached hydrogen (secondary N) is 1. The molecule has 0 radical (unpaired) electrons. The number of aromatic amines is 1. The van der Waals surface area contributed by atoms with E-state index in [1.54, 1.807) is 9.72 Å². The standard InChI is InChI=1S/C7H6ClN3S2Se2/c1-2-11-6-4(12-14-9-6)3(8)5-7(11)10-15-13-5/h9H,2H2,1H3. The van der Waals surface area contributed by atoms with E-state index in [1.165, 1.54) is 14.9 Å². The summed E-state index contributed by atoms with van der Waals surface area (Å²) in [6.07, 6.45) is 0. The van der Waals surface area contributed by atoms with E-state index in [0.717, 1.165) is 17.4 Å². The van der Waals surface area contributed by atoms with Crippen LogP contribution in [-0.2, 0) is 6.54 Å². The first-order valence-electron chi connectivity index (χ1n) is 4.26. The fourth-order valence-corrected chi connectivity index (χ4v) is 9.37. The van der Waals surface area contributed by atoms with Crippen molar-refractivity contribution in [1.82, 2.24) is 12.5 Å². The average molecular weight is 390 g/mol. The van der Waals surface area contributed by atoms with Gasteiger partial charge in [0.15, 0.2) is 0 Å². The molecule has 0 aliphatic carbocycles. The Hall–Kier alpha value is 0.519. The molecular formula is C7H6ClN3S2Se2. The van der Waals surface area contributed by atoms with Gasteiger partial charge in [-0.1, -0.05) is 0 Å². The van der Waals surface area contributed by atoms with Gasteiger partial charge in [0.05, 0.1) is 0 Å². The minimum absolute atomic E-state index is 0.272. The zero-order chi connectivity index (χ0) is 10.4. The second kappa shape index (κ2) is 4.07. The predicted molar refractivity (Wildman–Crippen MR) is 66.4 cm³/mol. The molecule has 0 saturated carbocycles. The van der Waals surface area contributed by atoms with Crippen molar-refractivity contribution in [2.75, 3.05) is 0 Å². The first-order valence-corrected chi connectivity index (χ1v) is 11.9. The van der Waals surface area contributed by atoms with E-state index in [4.69, 9.17) is 11.6 Å². The van der Waals surface area contributed by atoms with Crippen LogP contribution in [0.15, 0.2) is 0 Å². The molecule has 0 bridgehead atoms. The number of rotatable bonds is 1. The molecular weight excluding hydrogens is 384 g/mol. The van der Waals surface area contributed by atoms with Gasteiger partial charge in [0.25, 0.3) is 0 Å². The molecule has 3 rings (SSSR count). The number of H-pyrrole nitrogens is 1. The fraction of sp³-hybridized carbons (Fsp3) is 0.286. The topological polar surface area (TPSA) is 33.6 Å². The van der Waals surface area contributed by atoms with Crippen LogP contribution in [0.1, 0.15) is 6.92 Å². The molecule has 80 valence electrons. The molecule has 3 heterocycles. The molecule has 0 unspecified atom stereocenters. The molecule has 0 amide bonds. The van der Waals surface area contributed by atoms with Gasteiger partial charge in [-0.05, 0) is 0 Å². The molecule has 0 aromatic heterocycles. The van der Waals surface area contributed by atoms with Crippen molar-refractivity contribution >= 4 is 58.2 Å². The number of hydrogen-bond acceptors (Lipinski definition) is 3. The molecule has 0 spiro atoms. The van der Waals surface area contributed by atoms with Crippen LogP contribution in [0.3, 0.4) is 0 Å². The van der Waals surface area contributed by atoms with Crippen LogP contribution in [0.25, 0.3) is 10.7 Å². The van der Waals surface area contributed by atoms with Gasteiger partial charge in [0, 0.05) is 0 Å². The molecule has 3 nitrogen and oxygen atoms in total. The minimum atomic E-state index is 0.272. The van der Waals surface area contributed by atoms with Crippen molar-refractivity contribution in [3.05, 3.63) is 15.0 Å². The van der Waals surface area contributed by atoms with Crippen LogP contribution in [0, 0.1) is 10.0 Å². The first kappa shape index (κ1) is 10.7. The van der Waals surface area contributed by atoms with Gasteiger partial charge in [-0.15, -0.1) is 0 Å². The van der Waals surface area contributed by atoms with Crippen molar-refractivity contribution in [3.63, 3.8) is 0 Å². The molecule has 1 N–H and O–H groups in total. The second-order valence-electron chi connectivity index (χ2n) is 2.91. The van der Waals surface area contributed by atoms with Gasteiger partial charge in [0.2, 0.25) is 0 Å². The van der Waals surface area contributed by atoms with Crippen molar-refractivity contribution in [2.45, 2.75) is 13.5 Å². The third kappa shape index (κ3) is 1.53. The van der Waals surface area contributed by atoms with Crippen LogP contribution >= 0.6 is 31.0 Å². The van der Waals surface area contributed by atoms with Gasteiger partial charge < -0.3 is 0 Å². The Balaban J connectivity index is 2.65. The molecule has 3 aliphatic rings. The van der Waals surface area contributed by atoms with Gasteiger partial charge in [-0.25, -0.2) is 0 Å². The zero-order valence-corrected chi connectivity index (χ0v) is 13.4. The summed E-state index contributed by atoms with van der Waals surface area (Å²) in [5.41, 5.74) is 1.17. The first-order chi connectivity index (χ1) is 7.33. The summed E-state index contributed by atoms with van der Waals surface area (Å²) in [4.78, 5) is 1.18. The van der Waals surface area contributed by atoms with E-state index in [1.807, 2.05) is 9.72 Å². The summed E-state index contributed by atoms with van der Waals surface area (Å²) in [5.74, 6) is 1.08. The Morgan fingerprint density at radius 1 is 1.53 bits per heavy atom. The number of hydrogen-bond donors (Lipinski definition) is 1. The fourth-order valence-electron chi connectivity index (χ4n) is 1.50. The monoisotopic (exact) mass is 391 g/mol. The Labute approximate surface area is 109 Å². The molecule has 0 saturated heterocycles. The van der Waals surface area contributed by atoms with Gasteiger partial charge in [-0.2, -0.15) is 0 Å². The van der Waals surface area contributed by atoms with Crippen molar-refractivity contribution in [3.8, 4) is 10.7 Å². The van der Waals surface area contributed by atoms with Crippen molar-refractivity contribution in [1.29, 1.82) is 0 Å². The van der Waals surface area contributed by atoms with Crippen molar-refractivity contribution < 1.29 is 0 Å². The van der Waals surface area contributed by atoms with E-state index in [2.05, 4.69) is 19.4 Å². The van der Waals surface area contributed by atoms with E-state index in [0.29, 0.717) is 13.6 Å². The summed E-state index contributed by atoms with van der Waals surface area (Å²) in [5, 5.41) is 0.912. The molecule has 0 atom stereocenters. The van der Waals surface area contributed by atoms with Crippen LogP contribution in [0.2, 0.25) is 5.02 Å². The average Bonchev–Trinajstić information content (AvgIpc) is 2.85. The third-order valence-corrected chi connectivity index (χ3v) is 9.06. The van der Waals surface area contributed by atoms with Crippen LogP contribution in [0.5, 0.6) is 0 Å². The van der Waals surface area contributed by atoms with Crippen LogP contribution in [-0.4, -0.2) is 39.7 Å². The normalized spacial score (nSPS) is 11.6. The Bertz CT molecular complexity index is 651. The van der Waals surface area contributed by atoms with E-state index in [9.17, 15) is 0 Å². The number of halogens is 1. The predicted octanol–water partition coefficient (Wildman–Crippen LogP) is 2.08. The molecule has 0 aromatic rings. The molecule has 0 aromatic carbocycles. The van der Waals surface area contributed by atoms with E-state index >= 15 is 0 Å². The molecule has 15 heavy (non-hydrogen) atoms. The summed E-state index contributed by atoms with van der Waals surface area (Å²) in [7, 11) is 3.64. The molecule has 8 heteroatoms. The molecule has 3 aliphatic heterocycles. The molecule has 0 fully saturated rings. The quantitative estimate of drug-likeness (QED) is 0.635. The van der Waals surface area contributed by atoms with Crippen LogP contribution < -0.4 is 0 Å².